The molecule has 0 unspecified atom stereocenters. The minimum Gasteiger partial charge on any atom is -0.503 e. The second kappa shape index (κ2) is 14.0. The molecule has 4 aliphatic rings. The summed E-state index contributed by atoms with van der Waals surface area (Å²) in [4.78, 5) is 74.5. The van der Waals surface area contributed by atoms with Crippen LogP contribution in [0.2, 0.25) is 15.1 Å². The molecule has 4 amide bonds. The molecule has 19 heteroatoms. The minimum absolute atomic E-state index is 0.00248. The van der Waals surface area contributed by atoms with Crippen LogP contribution in [0.1, 0.15) is 35.4 Å². The van der Waals surface area contributed by atoms with Gasteiger partial charge in [-0.15, -0.1) is 0 Å². The average molecular weight is 857 g/mol. The third-order valence-electron chi connectivity index (χ3n) is 11.5. The number of benzene rings is 3. The van der Waals surface area contributed by atoms with E-state index in [1.165, 1.54) is 49.6 Å². The van der Waals surface area contributed by atoms with E-state index in [-0.39, 0.29) is 46.1 Å². The number of methoxy groups -OCH3 is 1. The molecular weight excluding hydrogens is 830 g/mol. The molecule has 1 saturated carbocycles. The Morgan fingerprint density at radius 1 is 0.966 bits per heavy atom. The van der Waals surface area contributed by atoms with E-state index >= 15 is 4.79 Å². The Labute approximate surface area is 341 Å². The van der Waals surface area contributed by atoms with Gasteiger partial charge in [0.25, 0.3) is 17.5 Å². The van der Waals surface area contributed by atoms with Gasteiger partial charge in [0.15, 0.2) is 17.3 Å². The number of nitrogens with one attached hydrogen (secondary N) is 1. The number of nitrogens with zero attached hydrogens (tertiary/aromatic N) is 4. The van der Waals surface area contributed by atoms with Crippen molar-refractivity contribution in [2.75, 3.05) is 17.4 Å². The fraction of sp³-hybridized carbons (Fsp3) is 0.256. The van der Waals surface area contributed by atoms with Crippen LogP contribution in [-0.4, -0.2) is 50.8 Å². The molecule has 2 aliphatic carbocycles. The number of ether oxygens (including phenoxy) is 1. The zero-order chi connectivity index (χ0) is 41.6. The number of imide groups is 2. The Kier molecular flexibility index (Phi) is 9.44. The highest BCUT2D eigenvalue weighted by Gasteiger charge is 2.70. The normalized spacial score (nSPS) is 25.3. The van der Waals surface area contributed by atoms with Gasteiger partial charge >= 0.3 is 6.18 Å². The zero-order valence-corrected chi connectivity index (χ0v) is 31.9. The highest BCUT2D eigenvalue weighted by molar-refractivity contribution is 6.33. The molecule has 13 nitrogen and oxygen atoms in total. The van der Waals surface area contributed by atoms with Crippen molar-refractivity contribution >= 4 is 75.6 Å². The van der Waals surface area contributed by atoms with E-state index in [1.807, 2.05) is 0 Å². The lowest BCUT2D eigenvalue weighted by atomic mass is 9.49. The summed E-state index contributed by atoms with van der Waals surface area (Å²) in [6.45, 7) is 0. The van der Waals surface area contributed by atoms with E-state index in [0.29, 0.717) is 27.9 Å². The molecule has 2 N–H and O–H groups in total. The standard InChI is InChI=1S/C39H27Cl3F3N5O8/c1-58-29-12-17(11-27(41)32(29)51)31-23-9-10-24-30(36(54)48(34(24)52)21-3-2-4-22(14-21)50(56)57)25(23)15-26-35(53)49(37(55)38(26,31)18-5-7-20(40)8-6-18)47-33-28(42)13-19(16-46-33)39(43,44)45/h2-9,11-14,16,24-26,30-31,51H,10,15H2,1H3,(H,46,47)/t24-,25+,26-,30-,31-,38+/m0/s1. The highest BCUT2D eigenvalue weighted by Crippen LogP contribution is 2.65. The Morgan fingerprint density at radius 2 is 1.69 bits per heavy atom. The van der Waals surface area contributed by atoms with Crippen molar-refractivity contribution in [1.82, 2.24) is 9.99 Å². The summed E-state index contributed by atoms with van der Waals surface area (Å²) < 4.78 is 46.0. The van der Waals surface area contributed by atoms with Gasteiger partial charge in [0.1, 0.15) is 0 Å². The zero-order valence-electron chi connectivity index (χ0n) is 29.7. The summed E-state index contributed by atoms with van der Waals surface area (Å²) in [6.07, 6.45) is -2.75. The molecule has 58 heavy (non-hydrogen) atoms. The number of allylic oxidation sites excluding steroid dienone is 2. The first kappa shape index (κ1) is 39.1. The smallest absolute Gasteiger partial charge is 0.417 e. The minimum atomic E-state index is -4.80. The Bertz CT molecular complexity index is 2500. The first-order valence-corrected chi connectivity index (χ1v) is 18.6. The maximum atomic E-state index is 15.4. The molecule has 1 aromatic heterocycles. The van der Waals surface area contributed by atoms with Crippen molar-refractivity contribution in [2.45, 2.75) is 30.4 Å². The lowest BCUT2D eigenvalue weighted by molar-refractivity contribution is -0.384. The number of pyridine rings is 1. The summed E-state index contributed by atoms with van der Waals surface area (Å²) in [7, 11) is 1.28. The largest absolute Gasteiger partial charge is 0.503 e. The van der Waals surface area contributed by atoms with Crippen LogP contribution in [-0.2, 0) is 30.8 Å². The van der Waals surface area contributed by atoms with Gasteiger partial charge in [0.05, 0.1) is 56.5 Å². The van der Waals surface area contributed by atoms with Crippen LogP contribution in [0.15, 0.2) is 84.6 Å². The Hall–Kier alpha value is -5.71. The molecule has 3 aromatic carbocycles. The van der Waals surface area contributed by atoms with Crippen molar-refractivity contribution in [1.29, 1.82) is 0 Å². The molecule has 3 fully saturated rings. The number of nitro groups is 1. The predicted octanol–water partition coefficient (Wildman–Crippen LogP) is 7.87. The van der Waals surface area contributed by atoms with Crippen molar-refractivity contribution < 1.29 is 47.1 Å². The number of rotatable bonds is 7. The molecular formula is C39H27Cl3F3N5O8. The number of phenols is 1. The molecule has 0 spiro atoms. The van der Waals surface area contributed by atoms with E-state index < -0.39 is 91.9 Å². The van der Waals surface area contributed by atoms with Gasteiger partial charge in [-0.2, -0.15) is 18.2 Å². The summed E-state index contributed by atoms with van der Waals surface area (Å²) >= 11 is 19.1. The molecule has 6 atom stereocenters. The Morgan fingerprint density at radius 3 is 2.34 bits per heavy atom. The van der Waals surface area contributed by atoms with E-state index in [1.54, 1.807) is 18.2 Å². The van der Waals surface area contributed by atoms with Crippen LogP contribution < -0.4 is 15.1 Å². The second-order valence-corrected chi connectivity index (χ2v) is 15.5. The van der Waals surface area contributed by atoms with Gasteiger partial charge in [-0.3, -0.25) is 34.7 Å². The van der Waals surface area contributed by atoms with Crippen LogP contribution in [0.3, 0.4) is 0 Å². The summed E-state index contributed by atoms with van der Waals surface area (Å²) in [6, 6.07) is 14.6. The van der Waals surface area contributed by atoms with Crippen LogP contribution in [0.25, 0.3) is 0 Å². The maximum Gasteiger partial charge on any atom is 0.417 e. The summed E-state index contributed by atoms with van der Waals surface area (Å²) in [5.41, 5.74) is 0.173. The number of halogens is 6. The molecule has 0 radical (unpaired) electrons. The van der Waals surface area contributed by atoms with E-state index in [2.05, 4.69) is 10.4 Å². The molecule has 2 saturated heterocycles. The van der Waals surface area contributed by atoms with E-state index in [4.69, 9.17) is 39.5 Å². The number of carbonyl (C=O) groups is 4. The lowest BCUT2D eigenvalue weighted by Gasteiger charge is -2.50. The molecule has 8 rings (SSSR count). The molecule has 298 valence electrons. The fourth-order valence-corrected chi connectivity index (χ4v) is 9.63. The number of alkyl halides is 3. The van der Waals surface area contributed by atoms with E-state index in [9.17, 15) is 42.8 Å². The second-order valence-electron chi connectivity index (χ2n) is 14.3. The number of aromatic hydroxyl groups is 1. The van der Waals surface area contributed by atoms with Crippen molar-refractivity contribution in [3.63, 3.8) is 0 Å². The highest BCUT2D eigenvalue weighted by atomic mass is 35.5. The molecule has 3 heterocycles. The number of nitro benzene ring substituents is 1. The summed E-state index contributed by atoms with van der Waals surface area (Å²) in [5.74, 6) is -9.37. The number of amides is 4. The SMILES string of the molecule is COc1cc([C@H]2C3=CC[C@@H]4C(=O)N(c5cccc([N+](=O)[O-])c5)C(=O)[C@@H]4[C@@H]3C[C@H]3C(=O)N(Nc4ncc(C(F)(F)F)cc4Cl)C(=O)[C@@]23c2ccc(Cl)cc2)cc(Cl)c1O. The Balaban J connectivity index is 1.33. The van der Waals surface area contributed by atoms with Crippen LogP contribution in [0, 0.1) is 33.8 Å². The predicted molar refractivity (Wildman–Crippen MR) is 202 cm³/mol. The van der Waals surface area contributed by atoms with Gasteiger partial charge in [-0.25, -0.2) is 9.88 Å². The number of carbonyl (C=O) groups excluding carboxylic acids is 4. The molecule has 0 bridgehead atoms. The number of hydrazine groups is 1. The van der Waals surface area contributed by atoms with Crippen molar-refractivity contribution in [2.24, 2.45) is 23.7 Å². The number of phenolic OH excluding ortho intramolecular Hbond substituents is 1. The number of non-ortho nitro benzene ring substituents is 1. The monoisotopic (exact) mass is 855 g/mol. The average Bonchev–Trinajstić information content (AvgIpc) is 3.57. The number of aromatic nitrogens is 1. The third kappa shape index (κ3) is 5.87. The van der Waals surface area contributed by atoms with Gasteiger partial charge in [-0.1, -0.05) is 64.7 Å². The third-order valence-corrected chi connectivity index (χ3v) is 12.3. The maximum absolute atomic E-state index is 15.4. The van der Waals surface area contributed by atoms with E-state index in [0.717, 1.165) is 11.0 Å². The van der Waals surface area contributed by atoms with Crippen molar-refractivity contribution in [3.05, 3.63) is 126 Å². The van der Waals surface area contributed by atoms with Crippen LogP contribution in [0.5, 0.6) is 11.5 Å². The lowest BCUT2D eigenvalue weighted by Crippen LogP contribution is -2.53. The van der Waals surface area contributed by atoms with Crippen molar-refractivity contribution in [3.8, 4) is 11.5 Å². The summed E-state index contributed by atoms with van der Waals surface area (Å²) in [5, 5.41) is 22.6. The first-order chi connectivity index (χ1) is 27.5. The number of hydrogen-bond acceptors (Lipinski definition) is 10. The first-order valence-electron chi connectivity index (χ1n) is 17.5. The fourth-order valence-electron chi connectivity index (χ4n) is 9.07. The topological polar surface area (TPSA) is 172 Å². The van der Waals surface area contributed by atoms with Gasteiger partial charge in [0, 0.05) is 29.3 Å². The number of hydrogen-bond donors (Lipinski definition) is 2. The molecule has 4 aromatic rings. The molecule has 2 aliphatic heterocycles. The van der Waals surface area contributed by atoms with Crippen LogP contribution >= 0.6 is 34.8 Å². The van der Waals surface area contributed by atoms with Crippen LogP contribution in [0.4, 0.5) is 30.4 Å². The quantitative estimate of drug-likeness (QED) is 0.0807. The van der Waals surface area contributed by atoms with Gasteiger partial charge < -0.3 is 9.84 Å². The van der Waals surface area contributed by atoms with Gasteiger partial charge in [0.2, 0.25) is 11.8 Å². The van der Waals surface area contributed by atoms with Gasteiger partial charge in [-0.05, 0) is 66.3 Å². The number of fused-ring (bicyclic) bond motifs is 4. The number of anilines is 2.